The van der Waals surface area contributed by atoms with Gasteiger partial charge in [0, 0.05) is 43.8 Å². The second kappa shape index (κ2) is 13.1. The molecule has 0 N–H and O–H groups in total. The van der Waals surface area contributed by atoms with E-state index in [4.69, 9.17) is 5.26 Å². The van der Waals surface area contributed by atoms with Crippen molar-refractivity contribution >= 4 is 28.3 Å². The zero-order valence-corrected chi connectivity index (χ0v) is 23.7. The van der Waals surface area contributed by atoms with Crippen LogP contribution in [0.5, 0.6) is 0 Å². The second-order valence-corrected chi connectivity index (χ2v) is 10.3. The number of carbonyl (C=O) groups excluding carboxylic acids is 2. The van der Waals surface area contributed by atoms with E-state index in [0.29, 0.717) is 25.1 Å². The molecule has 1 heterocycles. The van der Waals surface area contributed by atoms with Crippen molar-refractivity contribution in [1.82, 2.24) is 14.5 Å². The van der Waals surface area contributed by atoms with Crippen molar-refractivity contribution in [3.05, 3.63) is 96.1 Å². The number of anilines is 1. The van der Waals surface area contributed by atoms with Crippen LogP contribution in [0.3, 0.4) is 0 Å². The molecular formula is C33H37N5O2. The summed E-state index contributed by atoms with van der Waals surface area (Å²) in [5, 5.41) is 11.2. The maximum absolute atomic E-state index is 13.7. The molecule has 2 amide bonds. The van der Waals surface area contributed by atoms with Gasteiger partial charge in [0.2, 0.25) is 11.8 Å². The number of fused-ring (bicyclic) bond motifs is 1. The van der Waals surface area contributed by atoms with Crippen molar-refractivity contribution in [3.63, 3.8) is 0 Å². The molecule has 0 unspecified atom stereocenters. The molecule has 7 heteroatoms. The number of aromatic nitrogens is 2. The van der Waals surface area contributed by atoms with Crippen LogP contribution in [0.1, 0.15) is 50.4 Å². The molecule has 3 aromatic carbocycles. The fourth-order valence-electron chi connectivity index (χ4n) is 5.10. The van der Waals surface area contributed by atoms with Gasteiger partial charge in [-0.05, 0) is 35.1 Å². The first kappa shape index (κ1) is 28.6. The van der Waals surface area contributed by atoms with Crippen molar-refractivity contribution in [3.8, 4) is 6.07 Å². The first-order valence-corrected chi connectivity index (χ1v) is 13.9. The summed E-state index contributed by atoms with van der Waals surface area (Å²) in [6.07, 6.45) is 4.92. The normalized spacial score (nSPS) is 12.5. The highest BCUT2D eigenvalue weighted by Crippen LogP contribution is 2.29. The number of hydrogen-bond acceptors (Lipinski definition) is 4. The topological polar surface area (TPSA) is 82.2 Å². The third-order valence-electron chi connectivity index (χ3n) is 7.79. The average Bonchev–Trinajstić information content (AvgIpc) is 3.42. The molecule has 2 atom stereocenters. The summed E-state index contributed by atoms with van der Waals surface area (Å²) >= 11 is 0. The summed E-state index contributed by atoms with van der Waals surface area (Å²) in [6.45, 7) is 7.12. The number of benzene rings is 3. The molecule has 1 aromatic heterocycles. The van der Waals surface area contributed by atoms with E-state index in [1.54, 1.807) is 24.7 Å². The second-order valence-electron chi connectivity index (χ2n) is 10.3. The molecule has 0 fully saturated rings. The highest BCUT2D eigenvalue weighted by Gasteiger charge is 2.30. The van der Waals surface area contributed by atoms with Gasteiger partial charge in [0.1, 0.15) is 0 Å². The summed E-state index contributed by atoms with van der Waals surface area (Å²) in [5.41, 5.74) is 3.33. The molecular weight excluding hydrogens is 498 g/mol. The van der Waals surface area contributed by atoms with E-state index in [0.717, 1.165) is 34.1 Å². The van der Waals surface area contributed by atoms with Gasteiger partial charge >= 0.3 is 0 Å². The van der Waals surface area contributed by atoms with Crippen molar-refractivity contribution in [2.45, 2.75) is 52.6 Å². The Labute approximate surface area is 236 Å². The van der Waals surface area contributed by atoms with Crippen molar-refractivity contribution in [1.29, 1.82) is 5.26 Å². The Morgan fingerprint density at radius 3 is 2.42 bits per heavy atom. The van der Waals surface area contributed by atoms with E-state index in [9.17, 15) is 9.59 Å². The number of carbonyl (C=O) groups is 2. The highest BCUT2D eigenvalue weighted by molar-refractivity contribution is 6.03. The monoisotopic (exact) mass is 535 g/mol. The number of hydrogen-bond donors (Lipinski definition) is 0. The number of imidazole rings is 1. The van der Waals surface area contributed by atoms with Crippen LogP contribution in [0, 0.1) is 17.2 Å². The Kier molecular flexibility index (Phi) is 9.34. The van der Waals surface area contributed by atoms with E-state index in [1.165, 1.54) is 0 Å². The van der Waals surface area contributed by atoms with Gasteiger partial charge in [0.25, 0.3) is 0 Å². The molecule has 0 radical (unpaired) electrons. The summed E-state index contributed by atoms with van der Waals surface area (Å²) < 4.78 is 1.97. The molecule has 0 spiro atoms. The number of nitriles is 1. The van der Waals surface area contributed by atoms with Crippen LogP contribution >= 0.6 is 0 Å². The standard InChI is InChI=1S/C33H37N5O2/c1-5-24(3)31(22-38(32(39)6-2)30-13-9-11-27-10-7-8-12-29(27)30)36(4)33(40)18-28-20-35-23-37(28)21-26-16-14-25(19-34)15-17-26/h7-17,20,23-24,31H,5-6,18,21-22H2,1-4H3/t24-,31+/m0/s1. The molecule has 40 heavy (non-hydrogen) atoms. The predicted octanol–water partition coefficient (Wildman–Crippen LogP) is 5.82. The zero-order valence-electron chi connectivity index (χ0n) is 23.7. The molecule has 0 aliphatic rings. The minimum absolute atomic E-state index is 0.0197. The lowest BCUT2D eigenvalue weighted by atomic mass is 9.96. The van der Waals surface area contributed by atoms with Crippen LogP contribution in [0.15, 0.2) is 79.3 Å². The van der Waals surface area contributed by atoms with E-state index in [-0.39, 0.29) is 30.2 Å². The lowest BCUT2D eigenvalue weighted by Crippen LogP contribution is -2.50. The maximum atomic E-state index is 13.7. The van der Waals surface area contributed by atoms with E-state index >= 15 is 0 Å². The Bertz CT molecular complexity index is 1500. The van der Waals surface area contributed by atoms with Crippen LogP contribution in [0.2, 0.25) is 0 Å². The third-order valence-corrected chi connectivity index (χ3v) is 7.79. The van der Waals surface area contributed by atoms with Gasteiger partial charge < -0.3 is 14.4 Å². The summed E-state index contributed by atoms with van der Waals surface area (Å²) in [7, 11) is 1.85. The van der Waals surface area contributed by atoms with Gasteiger partial charge in [-0.1, -0.05) is 75.7 Å². The Balaban J connectivity index is 1.56. The maximum Gasteiger partial charge on any atom is 0.228 e. The van der Waals surface area contributed by atoms with Crippen LogP contribution < -0.4 is 4.90 Å². The zero-order chi connectivity index (χ0) is 28.6. The lowest BCUT2D eigenvalue weighted by Gasteiger charge is -2.37. The molecule has 0 bridgehead atoms. The van der Waals surface area contributed by atoms with E-state index in [2.05, 4.69) is 37.0 Å². The van der Waals surface area contributed by atoms with Gasteiger partial charge in [0.15, 0.2) is 0 Å². The Morgan fingerprint density at radius 1 is 1.00 bits per heavy atom. The Morgan fingerprint density at radius 2 is 1.73 bits per heavy atom. The fraction of sp³-hybridized carbons (Fsp3) is 0.333. The van der Waals surface area contributed by atoms with Crippen LogP contribution in [0.25, 0.3) is 10.8 Å². The summed E-state index contributed by atoms with van der Waals surface area (Å²) in [5.74, 6) is 0.194. The van der Waals surface area contributed by atoms with Crippen molar-refractivity contribution in [2.75, 3.05) is 18.5 Å². The van der Waals surface area contributed by atoms with Crippen molar-refractivity contribution < 1.29 is 9.59 Å². The molecule has 0 aliphatic heterocycles. The van der Waals surface area contributed by atoms with E-state index < -0.39 is 0 Å². The molecule has 7 nitrogen and oxygen atoms in total. The molecule has 4 aromatic rings. The average molecular weight is 536 g/mol. The van der Waals surface area contributed by atoms with Gasteiger partial charge in [-0.15, -0.1) is 0 Å². The largest absolute Gasteiger partial charge is 0.340 e. The molecule has 206 valence electrons. The molecule has 0 aliphatic carbocycles. The number of nitrogens with zero attached hydrogens (tertiary/aromatic N) is 5. The number of amides is 2. The van der Waals surface area contributed by atoms with Gasteiger partial charge in [-0.25, -0.2) is 4.98 Å². The Hall–Kier alpha value is -4.44. The lowest BCUT2D eigenvalue weighted by molar-refractivity contribution is -0.132. The highest BCUT2D eigenvalue weighted by atomic mass is 16.2. The smallest absolute Gasteiger partial charge is 0.228 e. The van der Waals surface area contributed by atoms with Gasteiger partial charge in [0.05, 0.1) is 36.1 Å². The quantitative estimate of drug-likeness (QED) is 0.243. The van der Waals surface area contributed by atoms with Gasteiger partial charge in [-0.2, -0.15) is 5.26 Å². The minimum atomic E-state index is -0.165. The first-order valence-electron chi connectivity index (χ1n) is 13.9. The molecule has 0 saturated heterocycles. The van der Waals surface area contributed by atoms with E-state index in [1.807, 2.05) is 70.8 Å². The summed E-state index contributed by atoms with van der Waals surface area (Å²) in [6, 6.07) is 23.5. The third kappa shape index (κ3) is 6.40. The van der Waals surface area contributed by atoms with Gasteiger partial charge in [-0.3, -0.25) is 9.59 Å². The van der Waals surface area contributed by atoms with Crippen LogP contribution in [0.4, 0.5) is 5.69 Å². The number of likely N-dealkylation sites (N-methyl/N-ethyl adjacent to an activating group) is 1. The van der Waals surface area contributed by atoms with Crippen LogP contribution in [-0.4, -0.2) is 45.9 Å². The molecule has 4 rings (SSSR count). The predicted molar refractivity (Wildman–Crippen MR) is 159 cm³/mol. The SMILES string of the molecule is CCC(=O)N(C[C@H]([C@@H](C)CC)N(C)C(=O)Cc1cncn1Cc1ccc(C#N)cc1)c1cccc2ccccc12. The molecule has 0 saturated carbocycles. The van der Waals surface area contributed by atoms with Crippen LogP contribution in [-0.2, 0) is 22.6 Å². The van der Waals surface area contributed by atoms with Crippen molar-refractivity contribution in [2.24, 2.45) is 5.92 Å². The minimum Gasteiger partial charge on any atom is -0.340 e. The summed E-state index contributed by atoms with van der Waals surface area (Å²) in [4.78, 5) is 35.0. The number of rotatable bonds is 11. The first-order chi connectivity index (χ1) is 19.4. The fourth-order valence-corrected chi connectivity index (χ4v) is 5.10.